The van der Waals surface area contributed by atoms with Crippen LogP contribution in [0, 0.1) is 63.6 Å². The lowest BCUT2D eigenvalue weighted by molar-refractivity contribution is 0.00348. The molecule has 0 aromatic rings. The molecule has 0 amide bonds. The molecule has 0 rings (SSSR count). The molecule has 25 heavy (non-hydrogen) atoms. The summed E-state index contributed by atoms with van der Waals surface area (Å²) in [6.45, 7) is 21.2. The van der Waals surface area contributed by atoms with Crippen LogP contribution in [-0.2, 0) is 0 Å². The average Bonchev–Trinajstić information content (AvgIpc) is 2.50. The molecular formula is C23H42N2. The summed E-state index contributed by atoms with van der Waals surface area (Å²) in [7, 11) is 0. The van der Waals surface area contributed by atoms with Crippen LogP contribution in [0.3, 0.4) is 0 Å². The lowest BCUT2D eigenvalue weighted by Crippen LogP contribution is -2.44. The Morgan fingerprint density at radius 1 is 1.00 bits per heavy atom. The summed E-state index contributed by atoms with van der Waals surface area (Å²) in [6.07, 6.45) is 8.62. The second kappa shape index (κ2) is 9.09. The van der Waals surface area contributed by atoms with Crippen molar-refractivity contribution in [3.05, 3.63) is 0 Å². The molecule has 0 aliphatic carbocycles. The lowest BCUT2D eigenvalue weighted by atomic mass is 9.54. The predicted molar refractivity (Wildman–Crippen MR) is 110 cm³/mol. The first-order chi connectivity index (χ1) is 11.3. The fourth-order valence-corrected chi connectivity index (χ4v) is 4.23. The van der Waals surface area contributed by atoms with Gasteiger partial charge in [0.05, 0.1) is 6.07 Å². The fourth-order valence-electron chi connectivity index (χ4n) is 4.23. The van der Waals surface area contributed by atoms with Crippen molar-refractivity contribution < 1.29 is 0 Å². The second-order valence-corrected chi connectivity index (χ2v) is 9.97. The first-order valence-electron chi connectivity index (χ1n) is 9.83. The van der Waals surface area contributed by atoms with Crippen molar-refractivity contribution in [2.45, 2.75) is 81.6 Å². The second-order valence-electron chi connectivity index (χ2n) is 9.97. The van der Waals surface area contributed by atoms with Crippen molar-refractivity contribution >= 4 is 0 Å². The van der Waals surface area contributed by atoms with Crippen molar-refractivity contribution in [1.29, 1.82) is 5.26 Å². The Morgan fingerprint density at radius 2 is 1.52 bits per heavy atom. The van der Waals surface area contributed by atoms with E-state index in [4.69, 9.17) is 12.2 Å². The molecule has 4 unspecified atom stereocenters. The third-order valence-corrected chi connectivity index (χ3v) is 7.49. The van der Waals surface area contributed by atoms with Gasteiger partial charge in [-0.3, -0.25) is 0 Å². The van der Waals surface area contributed by atoms with E-state index >= 15 is 0 Å². The van der Waals surface area contributed by atoms with Crippen LogP contribution in [-0.4, -0.2) is 6.54 Å². The standard InChI is InChI=1S/C23H42N2/c1-11-22(7,8)23(9,10)19(4)20(13-15-25)18(3)21(5,6)16-17(2)12-14-24/h1,17-20H,12-14,16,24H2,2-10H3. The molecule has 2 nitrogen and oxygen atoms in total. The van der Waals surface area contributed by atoms with Crippen LogP contribution in [0.1, 0.15) is 81.6 Å². The number of terminal acetylenes is 1. The van der Waals surface area contributed by atoms with Crippen LogP contribution in [0.5, 0.6) is 0 Å². The Morgan fingerprint density at radius 3 is 1.92 bits per heavy atom. The van der Waals surface area contributed by atoms with Crippen molar-refractivity contribution in [3.8, 4) is 18.4 Å². The molecule has 0 bridgehead atoms. The summed E-state index contributed by atoms with van der Waals surface area (Å²) < 4.78 is 0. The Labute approximate surface area is 157 Å². The van der Waals surface area contributed by atoms with Crippen molar-refractivity contribution in [2.24, 2.45) is 45.7 Å². The molecule has 0 aromatic heterocycles. The summed E-state index contributed by atoms with van der Waals surface area (Å²) >= 11 is 0. The van der Waals surface area contributed by atoms with E-state index in [1.807, 2.05) is 0 Å². The van der Waals surface area contributed by atoms with Crippen molar-refractivity contribution in [3.63, 3.8) is 0 Å². The minimum Gasteiger partial charge on any atom is -0.330 e. The number of nitrogens with zero attached hydrogens (tertiary/aromatic N) is 1. The minimum atomic E-state index is -0.211. The molecule has 2 N–H and O–H groups in total. The number of hydrogen-bond acceptors (Lipinski definition) is 2. The number of rotatable bonds is 10. The highest BCUT2D eigenvalue weighted by atomic mass is 14.5. The van der Waals surface area contributed by atoms with Crippen LogP contribution in [0.15, 0.2) is 0 Å². The molecule has 0 spiro atoms. The topological polar surface area (TPSA) is 49.8 Å². The van der Waals surface area contributed by atoms with Gasteiger partial charge in [-0.2, -0.15) is 5.26 Å². The van der Waals surface area contributed by atoms with Crippen LogP contribution < -0.4 is 5.73 Å². The summed E-state index contributed by atoms with van der Waals surface area (Å²) in [5.41, 5.74) is 5.65. The van der Waals surface area contributed by atoms with Gasteiger partial charge >= 0.3 is 0 Å². The van der Waals surface area contributed by atoms with E-state index < -0.39 is 0 Å². The molecule has 0 aliphatic rings. The zero-order chi connectivity index (χ0) is 20.1. The number of hydrogen-bond donors (Lipinski definition) is 1. The van der Waals surface area contributed by atoms with E-state index in [-0.39, 0.29) is 16.2 Å². The highest BCUT2D eigenvalue weighted by Crippen LogP contribution is 2.52. The van der Waals surface area contributed by atoms with E-state index in [9.17, 15) is 5.26 Å². The molecule has 0 fully saturated rings. The fraction of sp³-hybridized carbons (Fsp3) is 0.870. The van der Waals surface area contributed by atoms with Gasteiger partial charge in [0, 0.05) is 11.8 Å². The maximum absolute atomic E-state index is 9.49. The smallest absolute Gasteiger partial charge is 0.0624 e. The molecule has 0 aromatic carbocycles. The molecule has 0 saturated heterocycles. The zero-order valence-corrected chi connectivity index (χ0v) is 18.2. The highest BCUT2D eigenvalue weighted by molar-refractivity contribution is 5.10. The lowest BCUT2D eigenvalue weighted by Gasteiger charge is -2.49. The molecule has 4 atom stereocenters. The third kappa shape index (κ3) is 5.76. The van der Waals surface area contributed by atoms with Gasteiger partial charge in [-0.15, -0.1) is 6.42 Å². The van der Waals surface area contributed by atoms with Crippen molar-refractivity contribution in [1.82, 2.24) is 0 Å². The van der Waals surface area contributed by atoms with Gasteiger partial charge < -0.3 is 5.73 Å². The SMILES string of the molecule is C#CC(C)(C)C(C)(C)C(C)C(CC#N)C(C)C(C)(C)CC(C)CCN. The monoisotopic (exact) mass is 346 g/mol. The third-order valence-electron chi connectivity index (χ3n) is 7.49. The Kier molecular flexibility index (Phi) is 8.73. The number of nitrogens with two attached hydrogens (primary N) is 1. The van der Waals surface area contributed by atoms with E-state index in [2.05, 4.69) is 74.3 Å². The summed E-state index contributed by atoms with van der Waals surface area (Å²) in [5, 5.41) is 9.49. The van der Waals surface area contributed by atoms with Crippen LogP contribution >= 0.6 is 0 Å². The Balaban J connectivity index is 5.60. The van der Waals surface area contributed by atoms with Crippen LogP contribution in [0.25, 0.3) is 0 Å². The predicted octanol–water partition coefficient (Wildman–Crippen LogP) is 5.88. The van der Waals surface area contributed by atoms with Crippen LogP contribution in [0.4, 0.5) is 0 Å². The van der Waals surface area contributed by atoms with Gasteiger partial charge in [0.15, 0.2) is 0 Å². The minimum absolute atomic E-state index is 0.0452. The molecule has 0 aliphatic heterocycles. The van der Waals surface area contributed by atoms with Gasteiger partial charge in [-0.1, -0.05) is 54.4 Å². The first kappa shape index (κ1) is 24.0. The summed E-state index contributed by atoms with van der Waals surface area (Å²) in [4.78, 5) is 0. The van der Waals surface area contributed by atoms with Gasteiger partial charge in [-0.05, 0) is 67.7 Å². The first-order valence-corrected chi connectivity index (χ1v) is 9.83. The molecule has 2 heteroatoms. The van der Waals surface area contributed by atoms with E-state index in [1.165, 1.54) is 0 Å². The van der Waals surface area contributed by atoms with Gasteiger partial charge in [0.1, 0.15) is 0 Å². The number of nitriles is 1. The zero-order valence-electron chi connectivity index (χ0n) is 18.2. The highest BCUT2D eigenvalue weighted by Gasteiger charge is 2.46. The summed E-state index contributed by atoms with van der Waals surface area (Å²) in [6, 6.07) is 2.45. The molecular weight excluding hydrogens is 304 g/mol. The quantitative estimate of drug-likeness (QED) is 0.502. The average molecular weight is 347 g/mol. The van der Waals surface area contributed by atoms with E-state index in [0.717, 1.165) is 19.4 Å². The van der Waals surface area contributed by atoms with Crippen LogP contribution in [0.2, 0.25) is 0 Å². The van der Waals surface area contributed by atoms with Gasteiger partial charge in [0.2, 0.25) is 0 Å². The molecule has 0 heterocycles. The van der Waals surface area contributed by atoms with Gasteiger partial charge in [-0.25, -0.2) is 0 Å². The van der Waals surface area contributed by atoms with Crippen molar-refractivity contribution in [2.75, 3.05) is 6.54 Å². The van der Waals surface area contributed by atoms with E-state index in [0.29, 0.717) is 30.1 Å². The largest absolute Gasteiger partial charge is 0.330 e. The molecule has 144 valence electrons. The Hall–Kier alpha value is -0.990. The Bertz CT molecular complexity index is 487. The van der Waals surface area contributed by atoms with Gasteiger partial charge in [0.25, 0.3) is 0 Å². The molecule has 0 saturated carbocycles. The van der Waals surface area contributed by atoms with E-state index in [1.54, 1.807) is 0 Å². The molecule has 0 radical (unpaired) electrons. The summed E-state index contributed by atoms with van der Waals surface area (Å²) in [5.74, 6) is 4.72. The maximum atomic E-state index is 9.49. The normalized spacial score (nSPS) is 17.9. The maximum Gasteiger partial charge on any atom is 0.0624 e.